The van der Waals surface area contributed by atoms with Gasteiger partial charge in [-0.3, -0.25) is 0 Å². The molecule has 0 aliphatic rings. The number of hydrogen-bond donors (Lipinski definition) is 1. The van der Waals surface area contributed by atoms with Crippen LogP contribution in [0.15, 0.2) is 28.1 Å². The van der Waals surface area contributed by atoms with Gasteiger partial charge in [0.2, 0.25) is 0 Å². The van der Waals surface area contributed by atoms with Crippen LogP contribution >= 0.6 is 38.9 Å². The van der Waals surface area contributed by atoms with E-state index < -0.39 is 0 Å². The zero-order valence-electron chi connectivity index (χ0n) is 10.6. The second kappa shape index (κ2) is 6.35. The van der Waals surface area contributed by atoms with E-state index in [-0.39, 0.29) is 16.9 Å². The predicted octanol–water partition coefficient (Wildman–Crippen LogP) is 5.31. The van der Waals surface area contributed by atoms with E-state index in [9.17, 15) is 4.39 Å². The second-order valence-electron chi connectivity index (χ2n) is 4.20. The molecule has 2 rings (SSSR count). The van der Waals surface area contributed by atoms with Gasteiger partial charge in [0.15, 0.2) is 0 Å². The number of hydrogen-bond acceptors (Lipinski definition) is 2. The standard InChI is InChI=1S/C14H14BrClFNS/c1-3-18-14(10-7-12(15)19-8(10)2)9-5-4-6-11(17)13(9)16/h4-7,14,18H,3H2,1-2H3. The largest absolute Gasteiger partial charge is 0.306 e. The highest BCUT2D eigenvalue weighted by Gasteiger charge is 2.21. The molecule has 1 nitrogen and oxygen atoms in total. The highest BCUT2D eigenvalue weighted by molar-refractivity contribution is 9.11. The Hall–Kier alpha value is -0.420. The fourth-order valence-electron chi connectivity index (χ4n) is 2.08. The predicted molar refractivity (Wildman–Crippen MR) is 83.7 cm³/mol. The van der Waals surface area contributed by atoms with Gasteiger partial charge in [0.05, 0.1) is 14.9 Å². The summed E-state index contributed by atoms with van der Waals surface area (Å²) in [5, 5.41) is 3.56. The Balaban J connectivity index is 2.51. The number of benzene rings is 1. The van der Waals surface area contributed by atoms with Crippen molar-refractivity contribution in [3.63, 3.8) is 0 Å². The maximum absolute atomic E-state index is 13.6. The van der Waals surface area contributed by atoms with Gasteiger partial charge in [-0.05, 0) is 52.7 Å². The first-order valence-corrected chi connectivity index (χ1v) is 7.96. The van der Waals surface area contributed by atoms with E-state index in [0.29, 0.717) is 0 Å². The Labute approximate surface area is 129 Å². The lowest BCUT2D eigenvalue weighted by molar-refractivity contribution is 0.603. The molecule has 0 saturated heterocycles. The van der Waals surface area contributed by atoms with Gasteiger partial charge in [-0.15, -0.1) is 11.3 Å². The van der Waals surface area contributed by atoms with Crippen molar-refractivity contribution in [2.75, 3.05) is 6.54 Å². The first-order chi connectivity index (χ1) is 9.04. The number of aryl methyl sites for hydroxylation is 1. The topological polar surface area (TPSA) is 12.0 Å². The van der Waals surface area contributed by atoms with Crippen LogP contribution in [-0.4, -0.2) is 6.54 Å². The number of thiophene rings is 1. The van der Waals surface area contributed by atoms with E-state index in [4.69, 9.17) is 11.6 Å². The van der Waals surface area contributed by atoms with E-state index >= 15 is 0 Å². The molecule has 1 atom stereocenters. The molecular formula is C14H14BrClFNS. The van der Waals surface area contributed by atoms with Crippen molar-refractivity contribution < 1.29 is 4.39 Å². The zero-order chi connectivity index (χ0) is 14.0. The highest BCUT2D eigenvalue weighted by Crippen LogP contribution is 2.36. The molecule has 1 aromatic heterocycles. The van der Waals surface area contributed by atoms with Gasteiger partial charge in [-0.25, -0.2) is 4.39 Å². The monoisotopic (exact) mass is 361 g/mol. The van der Waals surface area contributed by atoms with Gasteiger partial charge >= 0.3 is 0 Å². The lowest BCUT2D eigenvalue weighted by atomic mass is 9.99. The average molecular weight is 363 g/mol. The van der Waals surface area contributed by atoms with Gasteiger partial charge in [0.25, 0.3) is 0 Å². The fourth-order valence-corrected chi connectivity index (χ4v) is 4.06. The minimum atomic E-state index is -0.381. The van der Waals surface area contributed by atoms with Crippen molar-refractivity contribution >= 4 is 38.9 Å². The number of halogens is 3. The van der Waals surface area contributed by atoms with E-state index in [0.717, 1.165) is 21.5 Å². The van der Waals surface area contributed by atoms with Crippen molar-refractivity contribution in [3.8, 4) is 0 Å². The first-order valence-electron chi connectivity index (χ1n) is 5.97. The molecule has 0 amide bonds. The molecule has 1 unspecified atom stereocenters. The SMILES string of the molecule is CCNC(c1cc(Br)sc1C)c1cccc(F)c1Cl. The molecule has 0 radical (unpaired) electrons. The Kier molecular flexibility index (Phi) is 5.01. The van der Waals surface area contributed by atoms with Crippen LogP contribution in [0.4, 0.5) is 4.39 Å². The van der Waals surface area contributed by atoms with Gasteiger partial charge in [0.1, 0.15) is 5.82 Å². The molecule has 0 aliphatic heterocycles. The first kappa shape index (κ1) is 15.0. The Morgan fingerprint density at radius 1 is 1.42 bits per heavy atom. The van der Waals surface area contributed by atoms with Gasteiger partial charge < -0.3 is 5.32 Å². The van der Waals surface area contributed by atoms with Crippen molar-refractivity contribution in [2.45, 2.75) is 19.9 Å². The van der Waals surface area contributed by atoms with Crippen molar-refractivity contribution in [1.29, 1.82) is 0 Å². The van der Waals surface area contributed by atoms with E-state index in [1.54, 1.807) is 17.4 Å². The van der Waals surface area contributed by atoms with Crippen LogP contribution in [0.25, 0.3) is 0 Å². The normalized spacial score (nSPS) is 12.7. The summed E-state index contributed by atoms with van der Waals surface area (Å²) in [5.74, 6) is -0.381. The highest BCUT2D eigenvalue weighted by atomic mass is 79.9. The molecule has 0 fully saturated rings. The molecule has 1 N–H and O–H groups in total. The van der Waals surface area contributed by atoms with E-state index in [1.165, 1.54) is 10.9 Å². The summed E-state index contributed by atoms with van der Waals surface area (Å²) in [4.78, 5) is 1.19. The molecule has 1 aromatic carbocycles. The Bertz CT molecular complexity index is 585. The molecule has 5 heteroatoms. The van der Waals surface area contributed by atoms with Crippen molar-refractivity contribution in [1.82, 2.24) is 5.32 Å². The minimum absolute atomic E-state index is 0.0873. The minimum Gasteiger partial charge on any atom is -0.306 e. The van der Waals surface area contributed by atoms with Crippen LogP contribution in [0.5, 0.6) is 0 Å². The summed E-state index contributed by atoms with van der Waals surface area (Å²) in [6.07, 6.45) is 0. The molecule has 0 bridgehead atoms. The molecule has 1 heterocycles. The third-order valence-corrected chi connectivity index (χ3v) is 4.91. The summed E-state index contributed by atoms with van der Waals surface area (Å²) in [5.41, 5.74) is 1.91. The van der Waals surface area contributed by atoms with Crippen LogP contribution in [0.2, 0.25) is 5.02 Å². The third-order valence-electron chi connectivity index (χ3n) is 2.94. The van der Waals surface area contributed by atoms with E-state index in [2.05, 4.69) is 34.2 Å². The summed E-state index contributed by atoms with van der Waals surface area (Å²) in [6, 6.07) is 6.91. The number of rotatable bonds is 4. The smallest absolute Gasteiger partial charge is 0.142 e. The second-order valence-corrected chi connectivity index (χ2v) is 7.21. The van der Waals surface area contributed by atoms with Crippen molar-refractivity contribution in [3.05, 3.63) is 54.9 Å². The van der Waals surface area contributed by atoms with Crippen LogP contribution in [-0.2, 0) is 0 Å². The molecule has 2 aromatic rings. The third kappa shape index (κ3) is 3.19. The molecule has 0 spiro atoms. The maximum atomic E-state index is 13.6. The molecule has 19 heavy (non-hydrogen) atoms. The Morgan fingerprint density at radius 2 is 2.16 bits per heavy atom. The quantitative estimate of drug-likeness (QED) is 0.777. The van der Waals surface area contributed by atoms with Crippen LogP contribution < -0.4 is 5.32 Å². The maximum Gasteiger partial charge on any atom is 0.142 e. The van der Waals surface area contributed by atoms with Crippen molar-refractivity contribution in [2.24, 2.45) is 0 Å². The molecule has 102 valence electrons. The summed E-state index contributed by atoms with van der Waals surface area (Å²) >= 11 is 11.3. The van der Waals surface area contributed by atoms with Crippen LogP contribution in [0.1, 0.15) is 29.0 Å². The molecule has 0 saturated carbocycles. The lowest BCUT2D eigenvalue weighted by Crippen LogP contribution is -2.22. The summed E-state index contributed by atoms with van der Waals surface area (Å²) in [6.45, 7) is 4.86. The van der Waals surface area contributed by atoms with Gasteiger partial charge in [-0.1, -0.05) is 30.7 Å². The van der Waals surface area contributed by atoms with Crippen LogP contribution in [0, 0.1) is 12.7 Å². The molecular weight excluding hydrogens is 349 g/mol. The van der Waals surface area contributed by atoms with Gasteiger partial charge in [-0.2, -0.15) is 0 Å². The summed E-state index contributed by atoms with van der Waals surface area (Å²) < 4.78 is 14.7. The van der Waals surface area contributed by atoms with Gasteiger partial charge in [0, 0.05) is 4.88 Å². The Morgan fingerprint density at radius 3 is 2.74 bits per heavy atom. The van der Waals surface area contributed by atoms with E-state index in [1.807, 2.05) is 13.0 Å². The average Bonchev–Trinajstić information content (AvgIpc) is 2.69. The lowest BCUT2D eigenvalue weighted by Gasteiger charge is -2.20. The number of nitrogens with one attached hydrogen (secondary N) is 1. The fraction of sp³-hybridized carbons (Fsp3) is 0.286. The molecule has 0 aliphatic carbocycles. The van der Waals surface area contributed by atoms with Crippen LogP contribution in [0.3, 0.4) is 0 Å². The zero-order valence-corrected chi connectivity index (χ0v) is 13.8. The summed E-state index contributed by atoms with van der Waals surface area (Å²) in [7, 11) is 0.